The molecule has 1 heterocycles. The maximum absolute atomic E-state index is 12.0. The zero-order valence-corrected chi connectivity index (χ0v) is 11.7. The third kappa shape index (κ3) is 4.00. The Morgan fingerprint density at radius 2 is 2.11 bits per heavy atom. The normalized spacial score (nSPS) is 21.8. The Labute approximate surface area is 109 Å². The van der Waals surface area contributed by atoms with Crippen molar-refractivity contribution in [3.8, 4) is 0 Å². The number of hydrogen-bond acceptors (Lipinski definition) is 2. The van der Waals surface area contributed by atoms with Crippen LogP contribution in [0.25, 0.3) is 0 Å². The van der Waals surface area contributed by atoms with Crippen molar-refractivity contribution in [1.29, 1.82) is 0 Å². The largest absolute Gasteiger partial charge is 0.481 e. The number of nitrogens with zero attached hydrogens (tertiary/aromatic N) is 1. The van der Waals surface area contributed by atoms with Gasteiger partial charge >= 0.3 is 5.97 Å². The average Bonchev–Trinajstić information content (AvgIpc) is 2.44. The van der Waals surface area contributed by atoms with E-state index in [0.29, 0.717) is 25.4 Å². The minimum Gasteiger partial charge on any atom is -0.481 e. The molecular formula is C14H25NO3. The van der Waals surface area contributed by atoms with E-state index in [9.17, 15) is 9.59 Å². The topological polar surface area (TPSA) is 57.6 Å². The van der Waals surface area contributed by atoms with Gasteiger partial charge in [-0.05, 0) is 32.6 Å². The molecule has 1 fully saturated rings. The van der Waals surface area contributed by atoms with Gasteiger partial charge in [0.2, 0.25) is 5.91 Å². The van der Waals surface area contributed by atoms with Crippen LogP contribution in [-0.4, -0.2) is 35.0 Å². The van der Waals surface area contributed by atoms with Gasteiger partial charge in [-0.2, -0.15) is 0 Å². The summed E-state index contributed by atoms with van der Waals surface area (Å²) in [6.45, 7) is 6.55. The van der Waals surface area contributed by atoms with E-state index in [0.717, 1.165) is 19.3 Å². The fourth-order valence-corrected chi connectivity index (χ4v) is 2.50. The van der Waals surface area contributed by atoms with Gasteiger partial charge in [0.25, 0.3) is 0 Å². The van der Waals surface area contributed by atoms with Gasteiger partial charge in [0, 0.05) is 19.5 Å². The first kappa shape index (κ1) is 15.0. The summed E-state index contributed by atoms with van der Waals surface area (Å²) in [7, 11) is 0. The highest BCUT2D eigenvalue weighted by molar-refractivity contribution is 5.79. The minimum atomic E-state index is -0.861. The number of carboxylic acids is 1. The molecule has 1 unspecified atom stereocenters. The Hall–Kier alpha value is -1.06. The second kappa shape index (κ2) is 6.21. The fraction of sp³-hybridized carbons (Fsp3) is 0.857. The van der Waals surface area contributed by atoms with Gasteiger partial charge in [-0.25, -0.2) is 0 Å². The fourth-order valence-electron chi connectivity index (χ4n) is 2.50. The van der Waals surface area contributed by atoms with Crippen molar-refractivity contribution in [2.45, 2.75) is 52.9 Å². The lowest BCUT2D eigenvalue weighted by atomic mass is 9.93. The SMILES string of the molecule is CCCC1CCC(=O)N(CC(C)(C)C(=O)O)CC1. The highest BCUT2D eigenvalue weighted by Crippen LogP contribution is 2.25. The van der Waals surface area contributed by atoms with E-state index in [1.807, 2.05) is 0 Å². The van der Waals surface area contributed by atoms with Crippen LogP contribution in [0.15, 0.2) is 0 Å². The van der Waals surface area contributed by atoms with Gasteiger partial charge in [-0.3, -0.25) is 9.59 Å². The van der Waals surface area contributed by atoms with Crippen LogP contribution >= 0.6 is 0 Å². The lowest BCUT2D eigenvalue weighted by Crippen LogP contribution is -2.42. The summed E-state index contributed by atoms with van der Waals surface area (Å²) < 4.78 is 0. The molecule has 1 saturated heterocycles. The predicted octanol–water partition coefficient (Wildman–Crippen LogP) is 2.53. The van der Waals surface area contributed by atoms with Crippen LogP contribution < -0.4 is 0 Å². The third-order valence-electron chi connectivity index (χ3n) is 3.79. The van der Waals surface area contributed by atoms with Gasteiger partial charge in [0.05, 0.1) is 5.41 Å². The Balaban J connectivity index is 2.61. The van der Waals surface area contributed by atoms with Gasteiger partial charge < -0.3 is 10.0 Å². The van der Waals surface area contributed by atoms with Crippen molar-refractivity contribution in [1.82, 2.24) is 4.90 Å². The molecule has 0 saturated carbocycles. The first-order valence-corrected chi connectivity index (χ1v) is 6.88. The van der Waals surface area contributed by atoms with Crippen molar-refractivity contribution in [2.24, 2.45) is 11.3 Å². The number of carbonyl (C=O) groups is 2. The van der Waals surface area contributed by atoms with Crippen molar-refractivity contribution in [2.75, 3.05) is 13.1 Å². The Morgan fingerprint density at radius 3 is 2.67 bits per heavy atom. The number of carboxylic acid groups (broad SMARTS) is 1. The van der Waals surface area contributed by atoms with Crippen molar-refractivity contribution in [3.05, 3.63) is 0 Å². The molecule has 1 N–H and O–H groups in total. The summed E-state index contributed by atoms with van der Waals surface area (Å²) in [5, 5.41) is 9.13. The van der Waals surface area contributed by atoms with E-state index >= 15 is 0 Å². The molecule has 1 amide bonds. The smallest absolute Gasteiger partial charge is 0.310 e. The molecule has 104 valence electrons. The zero-order valence-electron chi connectivity index (χ0n) is 11.7. The quantitative estimate of drug-likeness (QED) is 0.821. The average molecular weight is 255 g/mol. The van der Waals surface area contributed by atoms with Crippen LogP contribution in [0.2, 0.25) is 0 Å². The first-order valence-electron chi connectivity index (χ1n) is 6.88. The maximum Gasteiger partial charge on any atom is 0.310 e. The monoisotopic (exact) mass is 255 g/mol. The van der Waals surface area contributed by atoms with Crippen LogP contribution in [0.3, 0.4) is 0 Å². The van der Waals surface area contributed by atoms with Crippen LogP contribution in [0.5, 0.6) is 0 Å². The highest BCUT2D eigenvalue weighted by Gasteiger charge is 2.32. The number of likely N-dealkylation sites (tertiary alicyclic amines) is 1. The molecule has 0 aromatic carbocycles. The Kier molecular flexibility index (Phi) is 5.17. The lowest BCUT2D eigenvalue weighted by molar-refractivity contribution is -0.149. The van der Waals surface area contributed by atoms with Crippen LogP contribution in [0.4, 0.5) is 0 Å². The van der Waals surface area contributed by atoms with Crippen LogP contribution in [0.1, 0.15) is 52.9 Å². The molecule has 4 nitrogen and oxygen atoms in total. The predicted molar refractivity (Wildman–Crippen MR) is 70.2 cm³/mol. The Morgan fingerprint density at radius 1 is 1.44 bits per heavy atom. The molecule has 0 aliphatic carbocycles. The van der Waals surface area contributed by atoms with Crippen molar-refractivity contribution < 1.29 is 14.7 Å². The molecule has 0 spiro atoms. The molecule has 0 aromatic heterocycles. The summed E-state index contributed by atoms with van der Waals surface area (Å²) in [5.74, 6) is -0.107. The van der Waals surface area contributed by atoms with Crippen LogP contribution in [-0.2, 0) is 9.59 Å². The van der Waals surface area contributed by atoms with Crippen molar-refractivity contribution in [3.63, 3.8) is 0 Å². The molecule has 4 heteroatoms. The first-order chi connectivity index (χ1) is 8.36. The number of amides is 1. The maximum atomic E-state index is 12.0. The van der Waals surface area contributed by atoms with Crippen molar-refractivity contribution >= 4 is 11.9 Å². The van der Waals surface area contributed by atoms with E-state index in [1.54, 1.807) is 18.7 Å². The summed E-state index contributed by atoms with van der Waals surface area (Å²) in [4.78, 5) is 24.9. The summed E-state index contributed by atoms with van der Waals surface area (Å²) in [6, 6.07) is 0. The van der Waals surface area contributed by atoms with Gasteiger partial charge in [0.15, 0.2) is 0 Å². The summed E-state index contributed by atoms with van der Waals surface area (Å²) in [6.07, 6.45) is 4.86. The van der Waals surface area contributed by atoms with E-state index in [4.69, 9.17) is 5.11 Å². The molecule has 0 aromatic rings. The molecule has 1 atom stereocenters. The molecule has 18 heavy (non-hydrogen) atoms. The van der Waals surface area contributed by atoms with Gasteiger partial charge in [0.1, 0.15) is 0 Å². The van der Waals surface area contributed by atoms with E-state index < -0.39 is 11.4 Å². The lowest BCUT2D eigenvalue weighted by Gasteiger charge is -2.29. The van der Waals surface area contributed by atoms with E-state index in [-0.39, 0.29) is 5.91 Å². The molecule has 1 rings (SSSR count). The molecule has 0 bridgehead atoms. The van der Waals surface area contributed by atoms with E-state index in [1.165, 1.54) is 6.42 Å². The molecule has 0 radical (unpaired) electrons. The summed E-state index contributed by atoms with van der Waals surface area (Å²) >= 11 is 0. The minimum absolute atomic E-state index is 0.114. The third-order valence-corrected chi connectivity index (χ3v) is 3.79. The standard InChI is InChI=1S/C14H25NO3/c1-4-5-11-6-7-12(16)15(9-8-11)10-14(2,3)13(17)18/h11H,4-10H2,1-3H3,(H,17,18). The van der Waals surface area contributed by atoms with E-state index in [2.05, 4.69) is 6.92 Å². The number of rotatable bonds is 5. The highest BCUT2D eigenvalue weighted by atomic mass is 16.4. The molecule has 1 aliphatic rings. The number of carbonyl (C=O) groups excluding carboxylic acids is 1. The Bertz CT molecular complexity index is 312. The second-order valence-corrected chi connectivity index (χ2v) is 5.99. The number of aliphatic carboxylic acids is 1. The van der Waals surface area contributed by atoms with Gasteiger partial charge in [-0.15, -0.1) is 0 Å². The second-order valence-electron chi connectivity index (χ2n) is 5.99. The summed E-state index contributed by atoms with van der Waals surface area (Å²) in [5.41, 5.74) is -0.861. The number of hydrogen-bond donors (Lipinski definition) is 1. The zero-order chi connectivity index (χ0) is 13.8. The molecular weight excluding hydrogens is 230 g/mol. The van der Waals surface area contributed by atoms with Gasteiger partial charge in [-0.1, -0.05) is 19.8 Å². The molecule has 1 aliphatic heterocycles. The van der Waals surface area contributed by atoms with Crippen LogP contribution in [0, 0.1) is 11.3 Å².